The Balaban J connectivity index is 1.43. The molecule has 1 unspecified atom stereocenters. The molecule has 0 aliphatic carbocycles. The zero-order chi connectivity index (χ0) is 21.5. The molecule has 1 amide bonds. The lowest BCUT2D eigenvalue weighted by Gasteiger charge is -2.15. The highest BCUT2D eigenvalue weighted by atomic mass is 32.2. The third-order valence-corrected chi connectivity index (χ3v) is 7.38. The van der Waals surface area contributed by atoms with Gasteiger partial charge in [0.05, 0.1) is 5.03 Å². The smallest absolute Gasteiger partial charge is 0.244 e. The van der Waals surface area contributed by atoms with Crippen molar-refractivity contribution in [3.8, 4) is 0 Å². The van der Waals surface area contributed by atoms with Crippen molar-refractivity contribution in [2.24, 2.45) is 0 Å². The summed E-state index contributed by atoms with van der Waals surface area (Å²) in [5.41, 5.74) is 1.87. The fourth-order valence-electron chi connectivity index (χ4n) is 2.65. The summed E-state index contributed by atoms with van der Waals surface area (Å²) in [4.78, 5) is 17.4. The molecular formula is C22H17FN4OS3. The van der Waals surface area contributed by atoms with Gasteiger partial charge in [-0.05, 0) is 35.4 Å². The zero-order valence-corrected chi connectivity index (χ0v) is 18.6. The summed E-state index contributed by atoms with van der Waals surface area (Å²) in [5, 5.41) is 11.8. The molecule has 1 N–H and O–H groups in total. The van der Waals surface area contributed by atoms with E-state index in [2.05, 4.69) is 20.5 Å². The Morgan fingerprint density at radius 2 is 1.77 bits per heavy atom. The highest BCUT2D eigenvalue weighted by Gasteiger charge is 2.24. The van der Waals surface area contributed by atoms with Gasteiger partial charge in [0.1, 0.15) is 11.1 Å². The van der Waals surface area contributed by atoms with Gasteiger partial charge in [-0.1, -0.05) is 83.4 Å². The van der Waals surface area contributed by atoms with E-state index in [0.29, 0.717) is 10.9 Å². The third kappa shape index (κ3) is 6.13. The number of hydrogen-bond donors (Lipinski definition) is 1. The zero-order valence-electron chi connectivity index (χ0n) is 16.1. The van der Waals surface area contributed by atoms with Gasteiger partial charge in [0, 0.05) is 11.9 Å². The Morgan fingerprint density at radius 3 is 2.52 bits per heavy atom. The molecule has 2 heterocycles. The molecule has 2 aromatic carbocycles. The average Bonchev–Trinajstić information content (AvgIpc) is 3.25. The van der Waals surface area contributed by atoms with Gasteiger partial charge >= 0.3 is 0 Å². The van der Waals surface area contributed by atoms with Crippen molar-refractivity contribution in [3.05, 3.63) is 95.9 Å². The average molecular weight is 469 g/mol. The molecule has 2 aromatic heterocycles. The number of nitrogens with zero attached hydrogens (tertiary/aromatic N) is 3. The molecule has 9 heteroatoms. The van der Waals surface area contributed by atoms with Crippen LogP contribution >= 0.6 is 34.9 Å². The van der Waals surface area contributed by atoms with Crippen molar-refractivity contribution < 1.29 is 9.18 Å². The maximum atomic E-state index is 13.1. The molecule has 0 fully saturated rings. The summed E-state index contributed by atoms with van der Waals surface area (Å²) in [5.74, 6) is 0.199. The minimum atomic E-state index is -0.477. The van der Waals surface area contributed by atoms with E-state index < -0.39 is 5.25 Å². The predicted molar refractivity (Wildman–Crippen MR) is 124 cm³/mol. The van der Waals surface area contributed by atoms with E-state index in [0.717, 1.165) is 20.5 Å². The van der Waals surface area contributed by atoms with E-state index in [1.165, 1.54) is 47.0 Å². The van der Waals surface area contributed by atoms with Gasteiger partial charge in [0.25, 0.3) is 0 Å². The number of pyridine rings is 1. The van der Waals surface area contributed by atoms with Crippen LogP contribution in [-0.2, 0) is 10.5 Å². The summed E-state index contributed by atoms with van der Waals surface area (Å²) < 4.78 is 13.8. The van der Waals surface area contributed by atoms with Crippen LogP contribution in [0.5, 0.6) is 0 Å². The van der Waals surface area contributed by atoms with Gasteiger partial charge in [0.2, 0.25) is 11.0 Å². The number of carbonyl (C=O) groups is 1. The van der Waals surface area contributed by atoms with E-state index in [9.17, 15) is 9.18 Å². The molecular weight excluding hydrogens is 451 g/mol. The van der Waals surface area contributed by atoms with Gasteiger partial charge in [-0.25, -0.2) is 9.37 Å². The molecule has 0 radical (unpaired) electrons. The molecule has 0 saturated heterocycles. The first kappa shape index (κ1) is 21.5. The first-order valence-corrected chi connectivity index (χ1v) is 12.0. The fourth-order valence-corrected chi connectivity index (χ4v) is 5.34. The minimum Gasteiger partial charge on any atom is -0.299 e. The molecule has 0 bridgehead atoms. The molecule has 31 heavy (non-hydrogen) atoms. The Morgan fingerprint density at radius 1 is 1.00 bits per heavy atom. The van der Waals surface area contributed by atoms with Gasteiger partial charge in [-0.2, -0.15) is 0 Å². The fraction of sp³-hybridized carbons (Fsp3) is 0.0909. The monoisotopic (exact) mass is 468 g/mol. The topological polar surface area (TPSA) is 67.8 Å². The van der Waals surface area contributed by atoms with Crippen molar-refractivity contribution in [1.82, 2.24) is 15.2 Å². The maximum absolute atomic E-state index is 13.1. The molecule has 0 aliphatic rings. The molecule has 0 aliphatic heterocycles. The molecule has 156 valence electrons. The van der Waals surface area contributed by atoms with Crippen LogP contribution in [0.1, 0.15) is 16.4 Å². The normalized spacial score (nSPS) is 11.8. The lowest BCUT2D eigenvalue weighted by molar-refractivity contribution is -0.115. The lowest BCUT2D eigenvalue weighted by atomic mass is 10.1. The molecule has 5 nitrogen and oxygen atoms in total. The largest absolute Gasteiger partial charge is 0.299 e. The molecule has 0 saturated carbocycles. The SMILES string of the molecule is O=C(Nc1nnc(SCc2ccc(F)cc2)s1)C(Sc1ccccn1)c1ccccc1. The number of thioether (sulfide) groups is 2. The van der Waals surface area contributed by atoms with Crippen LogP contribution in [0, 0.1) is 5.82 Å². The Bertz CT molecular complexity index is 1120. The van der Waals surface area contributed by atoms with Gasteiger partial charge < -0.3 is 0 Å². The standard InChI is InChI=1S/C22H17FN4OS3/c23-17-11-9-15(10-12-17)14-29-22-27-26-21(31-22)25-20(28)19(16-6-2-1-3-7-16)30-18-8-4-5-13-24-18/h1-13,19H,14H2,(H,25,26,28). The summed E-state index contributed by atoms with van der Waals surface area (Å²) >= 11 is 4.19. The Hall–Kier alpha value is -2.75. The first-order chi connectivity index (χ1) is 15.2. The summed E-state index contributed by atoms with van der Waals surface area (Å²) in [7, 11) is 0. The van der Waals surface area contributed by atoms with E-state index in [1.807, 2.05) is 48.5 Å². The summed E-state index contributed by atoms with van der Waals surface area (Å²) in [6.07, 6.45) is 1.71. The number of hydrogen-bond acceptors (Lipinski definition) is 7. The van der Waals surface area contributed by atoms with E-state index >= 15 is 0 Å². The minimum absolute atomic E-state index is 0.187. The van der Waals surface area contributed by atoms with Gasteiger partial charge in [-0.15, -0.1) is 10.2 Å². The second-order valence-corrected chi connectivity index (χ2v) is 9.68. The number of halogens is 1. The second-order valence-electron chi connectivity index (χ2n) is 6.35. The molecule has 0 spiro atoms. The number of aromatic nitrogens is 3. The summed E-state index contributed by atoms with van der Waals surface area (Å²) in [6.45, 7) is 0. The number of benzene rings is 2. The number of nitrogens with one attached hydrogen (secondary N) is 1. The van der Waals surface area contributed by atoms with E-state index in [4.69, 9.17) is 0 Å². The Kier molecular flexibility index (Phi) is 7.29. The third-order valence-electron chi connectivity index (χ3n) is 4.13. The highest BCUT2D eigenvalue weighted by Crippen LogP contribution is 2.36. The number of anilines is 1. The molecule has 4 aromatic rings. The van der Waals surface area contributed by atoms with Crippen LogP contribution < -0.4 is 5.32 Å². The van der Waals surface area contributed by atoms with Gasteiger partial charge in [0.15, 0.2) is 4.34 Å². The first-order valence-electron chi connectivity index (χ1n) is 9.31. The molecule has 1 atom stereocenters. The predicted octanol–water partition coefficient (Wildman–Crippen LogP) is 5.84. The van der Waals surface area contributed by atoms with Crippen molar-refractivity contribution >= 4 is 45.9 Å². The number of amides is 1. The van der Waals surface area contributed by atoms with Crippen LogP contribution in [0.25, 0.3) is 0 Å². The van der Waals surface area contributed by atoms with Gasteiger partial charge in [-0.3, -0.25) is 10.1 Å². The van der Waals surface area contributed by atoms with Crippen LogP contribution in [0.3, 0.4) is 0 Å². The quantitative estimate of drug-likeness (QED) is 0.259. The lowest BCUT2D eigenvalue weighted by Crippen LogP contribution is -2.19. The van der Waals surface area contributed by atoms with Crippen molar-refractivity contribution in [2.75, 3.05) is 5.32 Å². The molecule has 4 rings (SSSR count). The van der Waals surface area contributed by atoms with Crippen LogP contribution in [-0.4, -0.2) is 21.1 Å². The van der Waals surface area contributed by atoms with Crippen molar-refractivity contribution in [1.29, 1.82) is 0 Å². The van der Waals surface area contributed by atoms with Crippen molar-refractivity contribution in [3.63, 3.8) is 0 Å². The second kappa shape index (κ2) is 10.5. The number of carbonyl (C=O) groups excluding carboxylic acids is 1. The van der Waals surface area contributed by atoms with Crippen LogP contribution in [0.4, 0.5) is 9.52 Å². The summed E-state index contributed by atoms with van der Waals surface area (Å²) in [6, 6.07) is 21.5. The van der Waals surface area contributed by atoms with Crippen LogP contribution in [0.15, 0.2) is 88.4 Å². The Labute approximate surface area is 191 Å². The highest BCUT2D eigenvalue weighted by molar-refractivity contribution is 8.00. The van der Waals surface area contributed by atoms with E-state index in [-0.39, 0.29) is 11.7 Å². The maximum Gasteiger partial charge on any atom is 0.244 e. The van der Waals surface area contributed by atoms with E-state index in [1.54, 1.807) is 18.3 Å². The van der Waals surface area contributed by atoms with Crippen LogP contribution in [0.2, 0.25) is 0 Å². The van der Waals surface area contributed by atoms with Crippen molar-refractivity contribution in [2.45, 2.75) is 20.4 Å². The number of rotatable bonds is 8.